The Morgan fingerprint density at radius 2 is 2.24 bits per heavy atom. The topological polar surface area (TPSA) is 50.9 Å². The molecule has 17 heavy (non-hydrogen) atoms. The van der Waals surface area contributed by atoms with Gasteiger partial charge in [-0.3, -0.25) is 16.3 Å². The lowest BCUT2D eigenvalue weighted by Crippen LogP contribution is -2.38. The molecule has 0 fully saturated rings. The van der Waals surface area contributed by atoms with E-state index in [0.717, 1.165) is 16.6 Å². The second-order valence-corrected chi connectivity index (χ2v) is 6.39. The van der Waals surface area contributed by atoms with Crippen LogP contribution in [-0.4, -0.2) is 11.0 Å². The van der Waals surface area contributed by atoms with E-state index in [0.29, 0.717) is 0 Å². The molecule has 2 heterocycles. The van der Waals surface area contributed by atoms with Gasteiger partial charge in [0.1, 0.15) is 0 Å². The molecule has 2 aromatic rings. The number of nitrogens with zero attached hydrogens (tertiary/aromatic N) is 1. The van der Waals surface area contributed by atoms with Gasteiger partial charge in [0.15, 0.2) is 0 Å². The number of rotatable bonds is 5. The Hall–Kier alpha value is -0.750. The lowest BCUT2D eigenvalue weighted by atomic mass is 10.0. The number of aromatic nitrogens is 1. The molecule has 3 N–H and O–H groups in total. The van der Waals surface area contributed by atoms with Gasteiger partial charge in [-0.1, -0.05) is 6.07 Å². The van der Waals surface area contributed by atoms with Crippen LogP contribution >= 0.6 is 27.3 Å². The molecule has 5 heteroatoms. The van der Waals surface area contributed by atoms with Crippen LogP contribution in [0.25, 0.3) is 0 Å². The molecule has 0 aliphatic carbocycles. The molecule has 0 amide bonds. The maximum absolute atomic E-state index is 5.60. The Kier molecular flexibility index (Phi) is 4.67. The molecule has 1 atom stereocenters. The average molecular weight is 312 g/mol. The molecule has 1 unspecified atom stereocenters. The predicted molar refractivity (Wildman–Crippen MR) is 74.8 cm³/mol. The van der Waals surface area contributed by atoms with Gasteiger partial charge in [-0.25, -0.2) is 0 Å². The van der Waals surface area contributed by atoms with E-state index in [1.54, 1.807) is 17.5 Å². The van der Waals surface area contributed by atoms with E-state index in [1.165, 1.54) is 10.4 Å². The minimum absolute atomic E-state index is 0.241. The summed E-state index contributed by atoms with van der Waals surface area (Å²) < 4.78 is 1.16. The number of halogens is 1. The molecule has 0 aliphatic heterocycles. The van der Waals surface area contributed by atoms with Crippen LogP contribution in [-0.2, 0) is 12.8 Å². The van der Waals surface area contributed by atoms with Crippen molar-refractivity contribution in [3.05, 3.63) is 50.9 Å². The Bertz CT molecular complexity index is 458. The van der Waals surface area contributed by atoms with Gasteiger partial charge in [0.25, 0.3) is 0 Å². The SMILES string of the molecule is NNC(Cc1cccnc1)Cc1ccc(Br)s1. The highest BCUT2D eigenvalue weighted by molar-refractivity contribution is 9.11. The fourth-order valence-corrected chi connectivity index (χ4v) is 3.26. The molecule has 0 aromatic carbocycles. The number of nitrogens with one attached hydrogen (secondary N) is 1. The van der Waals surface area contributed by atoms with Crippen LogP contribution in [0.3, 0.4) is 0 Å². The first-order chi connectivity index (χ1) is 8.28. The zero-order valence-corrected chi connectivity index (χ0v) is 11.7. The largest absolute Gasteiger partial charge is 0.271 e. The zero-order valence-electron chi connectivity index (χ0n) is 9.27. The van der Waals surface area contributed by atoms with Crippen molar-refractivity contribution in [2.75, 3.05) is 0 Å². The highest BCUT2D eigenvalue weighted by Gasteiger charge is 2.10. The molecule has 0 radical (unpaired) electrons. The lowest BCUT2D eigenvalue weighted by Gasteiger charge is -2.14. The Labute approximate surface area is 113 Å². The third kappa shape index (κ3) is 3.89. The van der Waals surface area contributed by atoms with Crippen molar-refractivity contribution in [2.24, 2.45) is 5.84 Å². The van der Waals surface area contributed by atoms with Crippen molar-refractivity contribution in [3.8, 4) is 0 Å². The number of pyridine rings is 1. The second kappa shape index (κ2) is 6.26. The van der Waals surface area contributed by atoms with Gasteiger partial charge in [0.05, 0.1) is 3.79 Å². The zero-order chi connectivity index (χ0) is 12.1. The molecule has 0 spiro atoms. The summed E-state index contributed by atoms with van der Waals surface area (Å²) in [5.41, 5.74) is 4.07. The highest BCUT2D eigenvalue weighted by atomic mass is 79.9. The van der Waals surface area contributed by atoms with Crippen LogP contribution < -0.4 is 11.3 Å². The second-order valence-electron chi connectivity index (χ2n) is 3.84. The lowest BCUT2D eigenvalue weighted by molar-refractivity contribution is 0.525. The van der Waals surface area contributed by atoms with Gasteiger partial charge < -0.3 is 0 Å². The molecule has 0 saturated carbocycles. The van der Waals surface area contributed by atoms with Crippen LogP contribution in [0.1, 0.15) is 10.4 Å². The summed E-state index contributed by atoms with van der Waals surface area (Å²) in [5.74, 6) is 5.60. The Morgan fingerprint density at radius 1 is 1.35 bits per heavy atom. The molecule has 0 saturated heterocycles. The van der Waals surface area contributed by atoms with Crippen molar-refractivity contribution < 1.29 is 0 Å². The number of hydrogen-bond acceptors (Lipinski definition) is 4. The van der Waals surface area contributed by atoms with Crippen molar-refractivity contribution in [2.45, 2.75) is 18.9 Å². The number of hydrazine groups is 1. The molecule has 3 nitrogen and oxygen atoms in total. The van der Waals surface area contributed by atoms with Crippen LogP contribution in [0.4, 0.5) is 0 Å². The summed E-state index contributed by atoms with van der Waals surface area (Å²) in [6, 6.07) is 8.46. The van der Waals surface area contributed by atoms with E-state index >= 15 is 0 Å². The maximum atomic E-state index is 5.60. The van der Waals surface area contributed by atoms with E-state index in [2.05, 4.69) is 44.5 Å². The van der Waals surface area contributed by atoms with Crippen molar-refractivity contribution >= 4 is 27.3 Å². The molecule has 0 aliphatic rings. The van der Waals surface area contributed by atoms with Gasteiger partial charge in [-0.05, 0) is 52.5 Å². The first kappa shape index (κ1) is 12.7. The average Bonchev–Trinajstić information content (AvgIpc) is 2.75. The Balaban J connectivity index is 1.98. The quantitative estimate of drug-likeness (QED) is 0.659. The smallest absolute Gasteiger partial charge is 0.0701 e. The van der Waals surface area contributed by atoms with Gasteiger partial charge in [0.2, 0.25) is 0 Å². The van der Waals surface area contributed by atoms with E-state index in [9.17, 15) is 0 Å². The fraction of sp³-hybridized carbons (Fsp3) is 0.250. The summed E-state index contributed by atoms with van der Waals surface area (Å²) in [6.07, 6.45) is 5.49. The molecule has 2 rings (SSSR count). The fourth-order valence-electron chi connectivity index (χ4n) is 1.70. The van der Waals surface area contributed by atoms with Gasteiger partial charge in [0, 0.05) is 23.3 Å². The summed E-state index contributed by atoms with van der Waals surface area (Å²) in [5, 5.41) is 0. The van der Waals surface area contributed by atoms with E-state index in [4.69, 9.17) is 5.84 Å². The standard InChI is InChI=1S/C12H14BrN3S/c13-12-4-3-11(17-12)7-10(16-14)6-9-2-1-5-15-8-9/h1-5,8,10,16H,6-7,14H2. The normalized spacial score (nSPS) is 12.6. The van der Waals surface area contributed by atoms with Crippen LogP contribution in [0.15, 0.2) is 40.4 Å². The van der Waals surface area contributed by atoms with Crippen LogP contribution in [0.5, 0.6) is 0 Å². The third-order valence-corrected chi connectivity index (χ3v) is 4.16. The van der Waals surface area contributed by atoms with Crippen LogP contribution in [0.2, 0.25) is 0 Å². The minimum Gasteiger partial charge on any atom is -0.271 e. The number of hydrogen-bond donors (Lipinski definition) is 2. The first-order valence-electron chi connectivity index (χ1n) is 5.37. The van der Waals surface area contributed by atoms with Crippen molar-refractivity contribution in [3.63, 3.8) is 0 Å². The van der Waals surface area contributed by atoms with Gasteiger partial charge in [-0.2, -0.15) is 0 Å². The molecule has 2 aromatic heterocycles. The van der Waals surface area contributed by atoms with E-state index in [-0.39, 0.29) is 6.04 Å². The predicted octanol–water partition coefficient (Wildman–Crippen LogP) is 2.52. The third-order valence-electron chi connectivity index (χ3n) is 2.52. The minimum atomic E-state index is 0.241. The summed E-state index contributed by atoms with van der Waals surface area (Å²) in [6.45, 7) is 0. The van der Waals surface area contributed by atoms with Gasteiger partial charge >= 0.3 is 0 Å². The van der Waals surface area contributed by atoms with Gasteiger partial charge in [-0.15, -0.1) is 11.3 Å². The molecule has 90 valence electrons. The van der Waals surface area contributed by atoms with E-state index in [1.807, 2.05) is 12.3 Å². The maximum Gasteiger partial charge on any atom is 0.0701 e. The number of thiophene rings is 1. The van der Waals surface area contributed by atoms with Crippen molar-refractivity contribution in [1.82, 2.24) is 10.4 Å². The summed E-state index contributed by atoms with van der Waals surface area (Å²) >= 11 is 5.22. The Morgan fingerprint density at radius 3 is 2.82 bits per heavy atom. The first-order valence-corrected chi connectivity index (χ1v) is 6.98. The van der Waals surface area contributed by atoms with Crippen molar-refractivity contribution in [1.29, 1.82) is 0 Å². The highest BCUT2D eigenvalue weighted by Crippen LogP contribution is 2.23. The summed E-state index contributed by atoms with van der Waals surface area (Å²) in [7, 11) is 0. The summed E-state index contributed by atoms with van der Waals surface area (Å²) in [4.78, 5) is 5.43. The van der Waals surface area contributed by atoms with Crippen LogP contribution in [0, 0.1) is 0 Å². The molecule has 0 bridgehead atoms. The molecular weight excluding hydrogens is 298 g/mol. The molecular formula is C12H14BrN3S. The van der Waals surface area contributed by atoms with E-state index < -0.39 is 0 Å². The number of nitrogens with two attached hydrogens (primary N) is 1. The monoisotopic (exact) mass is 311 g/mol.